The molecular weight excluding hydrogens is 293 g/mol. The molecular formula is C13H18ClF3N2O. The van der Waals surface area contributed by atoms with Gasteiger partial charge in [0.25, 0.3) is 0 Å². The van der Waals surface area contributed by atoms with Gasteiger partial charge in [-0.2, -0.15) is 13.2 Å². The molecule has 1 rings (SSSR count). The van der Waals surface area contributed by atoms with Crippen molar-refractivity contribution in [1.29, 1.82) is 0 Å². The summed E-state index contributed by atoms with van der Waals surface area (Å²) in [7, 11) is 0. The van der Waals surface area contributed by atoms with Crippen molar-refractivity contribution < 1.29 is 17.9 Å². The topological polar surface area (TPSA) is 34.1 Å². The number of aromatic nitrogens is 1. The van der Waals surface area contributed by atoms with Crippen molar-refractivity contribution >= 4 is 11.6 Å². The highest BCUT2D eigenvalue weighted by molar-refractivity contribution is 6.31. The lowest BCUT2D eigenvalue weighted by Crippen LogP contribution is -2.19. The Hall–Kier alpha value is -1.01. The van der Waals surface area contributed by atoms with Crippen LogP contribution in [0.2, 0.25) is 5.02 Å². The van der Waals surface area contributed by atoms with Crippen molar-refractivity contribution in [3.63, 3.8) is 0 Å². The minimum Gasteiger partial charge on any atom is -0.477 e. The van der Waals surface area contributed by atoms with Crippen molar-refractivity contribution in [2.75, 3.05) is 13.2 Å². The Morgan fingerprint density at radius 2 is 2.10 bits per heavy atom. The van der Waals surface area contributed by atoms with Gasteiger partial charge in [-0.15, -0.1) is 0 Å². The molecule has 0 aromatic carbocycles. The number of pyridine rings is 1. The quantitative estimate of drug-likeness (QED) is 0.831. The molecule has 1 aromatic rings. The highest BCUT2D eigenvalue weighted by atomic mass is 35.5. The van der Waals surface area contributed by atoms with E-state index in [1.807, 2.05) is 0 Å². The molecule has 0 amide bonds. The van der Waals surface area contributed by atoms with Crippen molar-refractivity contribution in [1.82, 2.24) is 10.3 Å². The van der Waals surface area contributed by atoms with Crippen molar-refractivity contribution in [3.8, 4) is 5.88 Å². The minimum absolute atomic E-state index is 0.153. The number of ether oxygens (including phenoxy) is 1. The average Bonchev–Trinajstić information content (AvgIpc) is 2.31. The molecule has 0 aliphatic heterocycles. The molecule has 1 aromatic heterocycles. The Balaban J connectivity index is 2.52. The molecule has 0 fully saturated rings. The first-order valence-electron chi connectivity index (χ1n) is 6.32. The number of hydrogen-bond donors (Lipinski definition) is 1. The van der Waals surface area contributed by atoms with Gasteiger partial charge in [-0.05, 0) is 18.0 Å². The van der Waals surface area contributed by atoms with E-state index >= 15 is 0 Å². The van der Waals surface area contributed by atoms with Crippen LogP contribution in [0.25, 0.3) is 0 Å². The maximum Gasteiger partial charge on any atom is 0.392 e. The number of nitrogens with zero attached hydrogens (tertiary/aromatic N) is 1. The highest BCUT2D eigenvalue weighted by Gasteiger charge is 2.26. The van der Waals surface area contributed by atoms with Crippen molar-refractivity contribution in [2.24, 2.45) is 5.92 Å². The van der Waals surface area contributed by atoms with E-state index in [0.717, 1.165) is 12.1 Å². The molecule has 20 heavy (non-hydrogen) atoms. The second kappa shape index (κ2) is 7.69. The molecule has 0 unspecified atom stereocenters. The zero-order chi connectivity index (χ0) is 15.2. The van der Waals surface area contributed by atoms with Crippen LogP contribution < -0.4 is 10.1 Å². The van der Waals surface area contributed by atoms with Gasteiger partial charge in [0.15, 0.2) is 0 Å². The first kappa shape index (κ1) is 17.0. The molecule has 0 saturated carbocycles. The van der Waals surface area contributed by atoms with E-state index < -0.39 is 19.2 Å². The van der Waals surface area contributed by atoms with Gasteiger partial charge >= 0.3 is 6.18 Å². The molecule has 0 atom stereocenters. The summed E-state index contributed by atoms with van der Waals surface area (Å²) in [6, 6.07) is 1.56. The number of halogens is 4. The monoisotopic (exact) mass is 310 g/mol. The molecule has 0 saturated heterocycles. The summed E-state index contributed by atoms with van der Waals surface area (Å²) in [6.45, 7) is 5.05. The molecule has 0 radical (unpaired) electrons. The molecule has 0 aliphatic rings. The predicted octanol–water partition coefficient (Wildman–Crippen LogP) is 3.81. The van der Waals surface area contributed by atoms with E-state index in [1.54, 1.807) is 6.07 Å². The second-order valence-electron chi connectivity index (χ2n) is 4.85. The molecule has 7 heteroatoms. The summed E-state index contributed by atoms with van der Waals surface area (Å²) >= 11 is 5.98. The molecule has 0 bridgehead atoms. The Kier molecular flexibility index (Phi) is 6.55. The van der Waals surface area contributed by atoms with Gasteiger partial charge in [-0.3, -0.25) is 0 Å². The highest BCUT2D eigenvalue weighted by Crippen LogP contribution is 2.22. The summed E-state index contributed by atoms with van der Waals surface area (Å²) in [5.74, 6) is 0.651. The van der Waals surface area contributed by atoms with Crippen LogP contribution in [-0.4, -0.2) is 24.3 Å². The van der Waals surface area contributed by atoms with Crippen LogP contribution >= 0.6 is 11.6 Å². The van der Waals surface area contributed by atoms with Gasteiger partial charge in [-0.25, -0.2) is 4.98 Å². The van der Waals surface area contributed by atoms with Crippen LogP contribution in [0.3, 0.4) is 0 Å². The zero-order valence-corrected chi connectivity index (χ0v) is 12.2. The Labute approximate surface area is 121 Å². The van der Waals surface area contributed by atoms with Crippen LogP contribution in [0.15, 0.2) is 12.3 Å². The maximum absolute atomic E-state index is 12.0. The minimum atomic E-state index is -4.23. The van der Waals surface area contributed by atoms with E-state index in [1.165, 1.54) is 6.20 Å². The summed E-state index contributed by atoms with van der Waals surface area (Å²) in [4.78, 5) is 3.85. The Morgan fingerprint density at radius 1 is 1.40 bits per heavy atom. The first-order chi connectivity index (χ1) is 9.28. The van der Waals surface area contributed by atoms with Crippen molar-refractivity contribution in [2.45, 2.75) is 33.0 Å². The third-order valence-corrected chi connectivity index (χ3v) is 2.75. The van der Waals surface area contributed by atoms with Crippen LogP contribution in [0, 0.1) is 5.92 Å². The van der Waals surface area contributed by atoms with Crippen LogP contribution in [0.1, 0.15) is 25.8 Å². The van der Waals surface area contributed by atoms with E-state index in [9.17, 15) is 13.2 Å². The van der Waals surface area contributed by atoms with Gasteiger partial charge in [0.2, 0.25) is 5.88 Å². The molecule has 1 N–H and O–H groups in total. The molecule has 1 heterocycles. The lowest BCUT2D eigenvalue weighted by Gasteiger charge is -2.11. The first-order valence-corrected chi connectivity index (χ1v) is 6.70. The third-order valence-electron chi connectivity index (χ3n) is 2.41. The summed E-state index contributed by atoms with van der Waals surface area (Å²) < 4.78 is 41.0. The largest absolute Gasteiger partial charge is 0.477 e. The number of hydrogen-bond acceptors (Lipinski definition) is 3. The van der Waals surface area contributed by atoms with E-state index in [4.69, 9.17) is 16.3 Å². The normalized spacial score (nSPS) is 11.9. The molecule has 3 nitrogen and oxygen atoms in total. The van der Waals surface area contributed by atoms with Crippen LogP contribution in [-0.2, 0) is 6.54 Å². The average molecular weight is 311 g/mol. The zero-order valence-electron chi connectivity index (χ0n) is 11.4. The third kappa shape index (κ3) is 6.96. The Morgan fingerprint density at radius 3 is 2.70 bits per heavy atom. The van der Waals surface area contributed by atoms with Gasteiger partial charge < -0.3 is 10.1 Å². The lowest BCUT2D eigenvalue weighted by atomic mass is 10.2. The summed E-state index contributed by atoms with van der Waals surface area (Å²) in [5, 5.41) is 3.66. The second-order valence-corrected chi connectivity index (χ2v) is 5.26. The molecule has 0 spiro atoms. The molecule has 114 valence electrons. The van der Waals surface area contributed by atoms with Gasteiger partial charge in [0, 0.05) is 18.8 Å². The smallest absolute Gasteiger partial charge is 0.392 e. The Bertz CT molecular complexity index is 425. The van der Waals surface area contributed by atoms with Crippen LogP contribution in [0.4, 0.5) is 13.2 Å². The fourth-order valence-corrected chi connectivity index (χ4v) is 1.61. The van der Waals surface area contributed by atoms with Crippen molar-refractivity contribution in [3.05, 3.63) is 22.8 Å². The van der Waals surface area contributed by atoms with E-state index in [2.05, 4.69) is 24.1 Å². The fraction of sp³-hybridized carbons (Fsp3) is 0.615. The number of rotatable bonds is 7. The summed E-state index contributed by atoms with van der Waals surface area (Å²) in [5.41, 5.74) is 0.754. The summed E-state index contributed by atoms with van der Waals surface area (Å²) in [6.07, 6.45) is -3.84. The SMILES string of the molecule is CC(C)CNCc1cc(OCCC(F)(F)F)ncc1Cl. The van der Waals surface area contributed by atoms with E-state index in [-0.39, 0.29) is 5.88 Å². The lowest BCUT2D eigenvalue weighted by molar-refractivity contribution is -0.139. The van der Waals surface area contributed by atoms with Gasteiger partial charge in [-0.1, -0.05) is 25.4 Å². The van der Waals surface area contributed by atoms with Gasteiger partial charge in [0.1, 0.15) is 0 Å². The predicted molar refractivity (Wildman–Crippen MR) is 72.0 cm³/mol. The fourth-order valence-electron chi connectivity index (χ4n) is 1.44. The van der Waals surface area contributed by atoms with Crippen LogP contribution in [0.5, 0.6) is 5.88 Å². The van der Waals surface area contributed by atoms with Gasteiger partial charge in [0.05, 0.1) is 18.1 Å². The maximum atomic E-state index is 12.0. The number of nitrogens with one attached hydrogen (secondary N) is 1. The standard InChI is InChI=1S/C13H18ClF3N2O/c1-9(2)6-18-7-10-5-12(19-8-11(10)14)20-4-3-13(15,16)17/h5,8-9,18H,3-4,6-7H2,1-2H3. The molecule has 0 aliphatic carbocycles. The van der Waals surface area contributed by atoms with E-state index in [0.29, 0.717) is 17.5 Å². The number of alkyl halides is 3.